The number of benzene rings is 1. The molecule has 6 amide bonds. The molecule has 10 N–H and O–H groups in total. The Kier molecular flexibility index (Phi) is 18.5. The fourth-order valence-electron chi connectivity index (χ4n) is 9.55. The fraction of sp³-hybridized carbons (Fsp3) is 0.519. The molecule has 0 radical (unpaired) electrons. The summed E-state index contributed by atoms with van der Waals surface area (Å²) in [5, 5.41) is 25.7. The molecule has 82 heavy (non-hydrogen) atoms. The highest BCUT2D eigenvalue weighted by Crippen LogP contribution is 2.31. The van der Waals surface area contributed by atoms with E-state index >= 15 is 0 Å². The summed E-state index contributed by atoms with van der Waals surface area (Å²) in [5.41, 5.74) is -4.74. The molecular formula is C52H66N12O18. The molecule has 1 aromatic carbocycles. The summed E-state index contributed by atoms with van der Waals surface area (Å²) in [6.07, 6.45) is -7.03. The molecule has 0 spiro atoms. The van der Waals surface area contributed by atoms with Crippen molar-refractivity contribution in [1.29, 1.82) is 0 Å². The maximum atomic E-state index is 14.4. The molecule has 6 heterocycles. The zero-order chi connectivity index (χ0) is 60.2. The standard InChI is InChI=1S/C52H66N12O18/c1-22(2)35(44(70)56-30-18-34(81-38(30)47(73)74)64-21-25(5)41(67)61-50(64)77)58-46(72)37-28(16-32(80-37)62-19-23(3)39(65)59-48(62)75)54-42(68)26(6)53-45(71)36-29(17-33(79-36)63-20-24(4)40(66)60-49(63)76)55-43(69)31(15-27-13-11-10-12-14-27)57-51(78)82-52(7,8)9/h10-14,19-22,26,28-38H,15-18H2,1-9H3,(H,53,71)(H,54,68)(H,55,69)(H,56,70)(H,57,78)(H,58,72)(H,73,74)(H,59,65,75)(H,60,66,76)(H,61,67,77)/t26-,28-,29-,30-,31-,32+,33+,34+,35-,36-,37-,38-/m0/s1. The smallest absolute Gasteiger partial charge is 0.408 e. The summed E-state index contributed by atoms with van der Waals surface area (Å²) >= 11 is 0. The second-order valence-electron chi connectivity index (χ2n) is 21.7. The molecule has 30 heteroatoms. The Morgan fingerprint density at radius 1 is 0.598 bits per heavy atom. The number of hydrogen-bond acceptors (Lipinski definition) is 17. The molecule has 12 atom stereocenters. The molecule has 0 aliphatic carbocycles. The second kappa shape index (κ2) is 24.9. The minimum absolute atomic E-state index is 0.0314. The van der Waals surface area contributed by atoms with E-state index in [0.717, 1.165) is 13.7 Å². The van der Waals surface area contributed by atoms with Crippen LogP contribution in [-0.2, 0) is 54.1 Å². The minimum atomic E-state index is -1.69. The largest absolute Gasteiger partial charge is 0.479 e. The van der Waals surface area contributed by atoms with Crippen molar-refractivity contribution in [3.63, 3.8) is 0 Å². The predicted molar refractivity (Wildman–Crippen MR) is 285 cm³/mol. The van der Waals surface area contributed by atoms with Crippen molar-refractivity contribution in [1.82, 2.24) is 60.6 Å². The molecule has 0 unspecified atom stereocenters. The van der Waals surface area contributed by atoms with Gasteiger partial charge in [0.2, 0.25) is 17.7 Å². The van der Waals surface area contributed by atoms with Crippen molar-refractivity contribution in [3.8, 4) is 0 Å². The van der Waals surface area contributed by atoms with Gasteiger partial charge in [-0.05, 0) is 59.9 Å². The topological polar surface area (TPSA) is 413 Å². The van der Waals surface area contributed by atoms with Gasteiger partial charge >= 0.3 is 29.1 Å². The maximum absolute atomic E-state index is 14.4. The van der Waals surface area contributed by atoms with E-state index < -0.39 is 160 Å². The summed E-state index contributed by atoms with van der Waals surface area (Å²) in [6, 6.07) is 0.649. The first-order chi connectivity index (χ1) is 38.5. The first kappa shape index (κ1) is 60.9. The lowest BCUT2D eigenvalue weighted by Crippen LogP contribution is -2.59. The number of alkyl carbamates (subject to hydrolysis) is 1. The van der Waals surface area contributed by atoms with Crippen molar-refractivity contribution in [2.45, 2.75) is 167 Å². The van der Waals surface area contributed by atoms with Crippen LogP contribution >= 0.6 is 0 Å². The Morgan fingerprint density at radius 3 is 1.43 bits per heavy atom. The Morgan fingerprint density at radius 2 is 1.00 bits per heavy atom. The summed E-state index contributed by atoms with van der Waals surface area (Å²) in [5.74, 6) is -6.77. The van der Waals surface area contributed by atoms with Crippen LogP contribution in [0.5, 0.6) is 0 Å². The summed E-state index contributed by atoms with van der Waals surface area (Å²) < 4.78 is 26.3. The van der Waals surface area contributed by atoms with Crippen molar-refractivity contribution in [3.05, 3.63) is 134 Å². The Labute approximate surface area is 465 Å². The molecule has 7 rings (SSSR count). The molecule has 3 aromatic heterocycles. The molecule has 3 saturated heterocycles. The van der Waals surface area contributed by atoms with Gasteiger partial charge in [-0.15, -0.1) is 0 Å². The number of aromatic nitrogens is 6. The van der Waals surface area contributed by atoms with E-state index in [2.05, 4.69) is 46.9 Å². The molecule has 0 bridgehead atoms. The lowest BCUT2D eigenvalue weighted by molar-refractivity contribution is -0.153. The Balaban J connectivity index is 1.10. The SMILES string of the molecule is Cc1cn([C@H]2C[C@H](NC(=O)[C@@H](NC(=O)[C@H]3O[C@@H](n4cc(C)c(=O)[nH]c4=O)C[C@@H]3NC(=O)[C@H](C)NC(=O)[C@H]3O[C@@H](n4cc(C)c(=O)[nH]c4=O)C[C@@H]3NC(=O)[C@H](Cc3ccccc3)NC(=O)OC(C)(C)C)C(C)C)[C@@H](C(=O)O)O2)c(=O)[nH]c1=O. The van der Waals surface area contributed by atoms with Crippen LogP contribution < -0.4 is 65.6 Å². The summed E-state index contributed by atoms with van der Waals surface area (Å²) in [6.45, 7) is 13.6. The minimum Gasteiger partial charge on any atom is -0.479 e. The fourth-order valence-corrected chi connectivity index (χ4v) is 9.55. The van der Waals surface area contributed by atoms with E-state index in [1.807, 2.05) is 0 Å². The zero-order valence-corrected chi connectivity index (χ0v) is 46.2. The van der Waals surface area contributed by atoms with E-state index in [-0.39, 0.29) is 42.4 Å². The average Bonchev–Trinajstić information content (AvgIpc) is 3.96. The Bertz CT molecular complexity index is 3490. The van der Waals surface area contributed by atoms with Crippen LogP contribution in [0.15, 0.2) is 77.7 Å². The number of carboxylic acids is 1. The van der Waals surface area contributed by atoms with Crippen LogP contribution in [0, 0.1) is 26.7 Å². The van der Waals surface area contributed by atoms with Crippen molar-refractivity contribution in [2.75, 3.05) is 0 Å². The van der Waals surface area contributed by atoms with E-state index in [9.17, 15) is 67.4 Å². The van der Waals surface area contributed by atoms with E-state index in [1.54, 1.807) is 65.0 Å². The van der Waals surface area contributed by atoms with E-state index in [0.29, 0.717) is 5.56 Å². The van der Waals surface area contributed by atoms with Crippen LogP contribution in [0.1, 0.15) is 102 Å². The molecular weight excluding hydrogens is 1080 g/mol. The van der Waals surface area contributed by atoms with Gasteiger partial charge < -0.3 is 56.0 Å². The zero-order valence-electron chi connectivity index (χ0n) is 46.2. The number of amides is 6. The highest BCUT2D eigenvalue weighted by molar-refractivity contribution is 5.93. The van der Waals surface area contributed by atoms with Crippen LogP contribution in [-0.4, -0.2) is 136 Å². The van der Waals surface area contributed by atoms with Crippen LogP contribution in [0.4, 0.5) is 4.79 Å². The number of rotatable bonds is 18. The van der Waals surface area contributed by atoms with E-state index in [1.165, 1.54) is 46.3 Å². The molecule has 4 aromatic rings. The quantitative estimate of drug-likeness (QED) is 0.0503. The molecule has 442 valence electrons. The van der Waals surface area contributed by atoms with Gasteiger partial charge in [0, 0.05) is 61.0 Å². The molecule has 3 aliphatic heterocycles. The monoisotopic (exact) mass is 1150 g/mol. The third-order valence-electron chi connectivity index (χ3n) is 13.8. The van der Waals surface area contributed by atoms with E-state index in [4.69, 9.17) is 18.9 Å². The van der Waals surface area contributed by atoms with Crippen LogP contribution in [0.25, 0.3) is 0 Å². The van der Waals surface area contributed by atoms with Gasteiger partial charge in [0.25, 0.3) is 28.5 Å². The summed E-state index contributed by atoms with van der Waals surface area (Å²) in [7, 11) is 0. The third-order valence-corrected chi connectivity index (χ3v) is 13.8. The number of nitrogens with zero attached hydrogens (tertiary/aromatic N) is 3. The van der Waals surface area contributed by atoms with Gasteiger partial charge in [-0.2, -0.15) is 0 Å². The van der Waals surface area contributed by atoms with Crippen LogP contribution in [0.2, 0.25) is 0 Å². The highest BCUT2D eigenvalue weighted by Gasteiger charge is 2.48. The van der Waals surface area contributed by atoms with Gasteiger partial charge in [0.1, 0.15) is 42.4 Å². The van der Waals surface area contributed by atoms with Gasteiger partial charge in [-0.25, -0.2) is 24.0 Å². The molecule has 30 nitrogen and oxygen atoms in total. The normalized spacial score (nSPS) is 23.5. The lowest BCUT2D eigenvalue weighted by Gasteiger charge is -2.27. The lowest BCUT2D eigenvalue weighted by atomic mass is 10.0. The van der Waals surface area contributed by atoms with Crippen LogP contribution in [0.3, 0.4) is 0 Å². The number of aryl methyl sites for hydroxylation is 3. The summed E-state index contributed by atoms with van der Waals surface area (Å²) in [4.78, 5) is 179. The van der Waals surface area contributed by atoms with Crippen molar-refractivity contribution in [2.24, 2.45) is 5.92 Å². The Hall–Kier alpha value is -8.77. The number of nitrogens with one attached hydrogen (secondary N) is 9. The predicted octanol–water partition coefficient (Wildman–Crippen LogP) is -2.25. The van der Waals surface area contributed by atoms with Crippen molar-refractivity contribution < 1.29 is 57.6 Å². The molecule has 3 aliphatic rings. The number of carbonyl (C=O) groups is 7. The maximum Gasteiger partial charge on any atom is 0.408 e. The number of carboxylic acid groups (broad SMARTS) is 1. The van der Waals surface area contributed by atoms with Gasteiger partial charge in [0.15, 0.2) is 18.3 Å². The third kappa shape index (κ3) is 14.4. The number of aromatic amines is 3. The first-order valence-corrected chi connectivity index (χ1v) is 26.2. The molecule has 0 saturated carbocycles. The van der Waals surface area contributed by atoms with Gasteiger partial charge in [0.05, 0.1) is 18.1 Å². The second-order valence-corrected chi connectivity index (χ2v) is 21.7. The highest BCUT2D eigenvalue weighted by atomic mass is 16.6. The number of hydrogen-bond donors (Lipinski definition) is 10. The van der Waals surface area contributed by atoms with Crippen molar-refractivity contribution >= 4 is 41.6 Å². The first-order valence-electron chi connectivity index (χ1n) is 26.2. The molecule has 3 fully saturated rings. The number of ether oxygens (including phenoxy) is 4. The number of carbonyl (C=O) groups excluding carboxylic acids is 6. The number of H-pyrrole nitrogens is 3. The average molecular weight is 1150 g/mol. The number of aliphatic carboxylic acids is 1. The van der Waals surface area contributed by atoms with Gasteiger partial charge in [-0.1, -0.05) is 44.2 Å². The van der Waals surface area contributed by atoms with Gasteiger partial charge in [-0.3, -0.25) is 67.0 Å².